The molecule has 0 saturated carbocycles. The predicted molar refractivity (Wildman–Crippen MR) is 48.6 cm³/mol. The Kier molecular flexibility index (Phi) is 3.23. The summed E-state index contributed by atoms with van der Waals surface area (Å²) in [5.41, 5.74) is 0.582. The van der Waals surface area contributed by atoms with Crippen LogP contribution in [0.5, 0.6) is 5.75 Å². The van der Waals surface area contributed by atoms with Gasteiger partial charge in [0.2, 0.25) is 0 Å². The summed E-state index contributed by atoms with van der Waals surface area (Å²) in [6.07, 6.45) is 1.27. The Morgan fingerprint density at radius 3 is 2.46 bits per heavy atom. The summed E-state index contributed by atoms with van der Waals surface area (Å²) in [7, 11) is 1.42. The van der Waals surface area contributed by atoms with Gasteiger partial charge in [-0.3, -0.25) is 4.79 Å². The highest BCUT2D eigenvalue weighted by molar-refractivity contribution is 6.04. The van der Waals surface area contributed by atoms with Crippen LogP contribution in [0.25, 0.3) is 0 Å². The van der Waals surface area contributed by atoms with Crippen LogP contribution in [0.1, 0.15) is 10.4 Å². The number of carbonyl (C=O) groups is 1. The van der Waals surface area contributed by atoms with Gasteiger partial charge >= 0.3 is 0 Å². The third kappa shape index (κ3) is 2.42. The molecule has 0 aliphatic carbocycles. The van der Waals surface area contributed by atoms with Crippen LogP contribution < -0.4 is 4.89 Å². The SMILES string of the molecule is C=CC(=O)c1ccc(OOC)cc1. The molecule has 1 aromatic carbocycles. The minimum absolute atomic E-state index is 0.107. The Labute approximate surface area is 76.5 Å². The molecule has 0 spiro atoms. The maximum atomic E-state index is 11.1. The molecule has 68 valence electrons. The van der Waals surface area contributed by atoms with E-state index in [0.29, 0.717) is 11.3 Å². The van der Waals surface area contributed by atoms with E-state index in [4.69, 9.17) is 4.89 Å². The minimum atomic E-state index is -0.107. The van der Waals surface area contributed by atoms with Crippen LogP contribution in [-0.4, -0.2) is 12.9 Å². The second-order valence-electron chi connectivity index (χ2n) is 2.34. The number of hydrogen-bond acceptors (Lipinski definition) is 3. The van der Waals surface area contributed by atoms with E-state index in [2.05, 4.69) is 11.5 Å². The monoisotopic (exact) mass is 178 g/mol. The molecule has 0 aliphatic heterocycles. The summed E-state index contributed by atoms with van der Waals surface area (Å²) >= 11 is 0. The topological polar surface area (TPSA) is 35.5 Å². The number of rotatable bonds is 4. The van der Waals surface area contributed by atoms with Crippen molar-refractivity contribution < 1.29 is 14.6 Å². The molecule has 0 radical (unpaired) electrons. The molecule has 0 aromatic heterocycles. The van der Waals surface area contributed by atoms with Crippen molar-refractivity contribution >= 4 is 5.78 Å². The van der Waals surface area contributed by atoms with Crippen LogP contribution in [0.15, 0.2) is 36.9 Å². The van der Waals surface area contributed by atoms with E-state index in [0.717, 1.165) is 0 Å². The van der Waals surface area contributed by atoms with Gasteiger partial charge in [-0.05, 0) is 30.3 Å². The van der Waals surface area contributed by atoms with Crippen molar-refractivity contribution in [2.45, 2.75) is 0 Å². The second-order valence-corrected chi connectivity index (χ2v) is 2.34. The molecule has 0 fully saturated rings. The molecule has 3 heteroatoms. The molecule has 0 atom stereocenters. The largest absolute Gasteiger partial charge is 0.338 e. The molecule has 3 nitrogen and oxygen atoms in total. The van der Waals surface area contributed by atoms with Crippen LogP contribution in [0.3, 0.4) is 0 Å². The van der Waals surface area contributed by atoms with Crippen LogP contribution in [0.4, 0.5) is 0 Å². The average Bonchev–Trinajstić information content (AvgIpc) is 2.18. The van der Waals surface area contributed by atoms with Crippen molar-refractivity contribution in [1.29, 1.82) is 0 Å². The number of ketones is 1. The van der Waals surface area contributed by atoms with Crippen molar-refractivity contribution in [3.8, 4) is 5.75 Å². The van der Waals surface area contributed by atoms with E-state index in [9.17, 15) is 4.79 Å². The van der Waals surface area contributed by atoms with E-state index in [1.165, 1.54) is 13.2 Å². The third-order valence-electron chi connectivity index (χ3n) is 1.50. The lowest BCUT2D eigenvalue weighted by Gasteiger charge is -2.00. The molecule has 0 amide bonds. The fraction of sp³-hybridized carbons (Fsp3) is 0.100. The van der Waals surface area contributed by atoms with Gasteiger partial charge in [0.1, 0.15) is 0 Å². The predicted octanol–water partition coefficient (Wildman–Crippen LogP) is 2.00. The third-order valence-corrected chi connectivity index (χ3v) is 1.50. The average molecular weight is 178 g/mol. The standard InChI is InChI=1S/C10H10O3/c1-3-10(11)8-4-6-9(7-5-8)13-12-2/h3-7H,1H2,2H3. The first-order chi connectivity index (χ1) is 6.27. The van der Waals surface area contributed by atoms with E-state index in [1.54, 1.807) is 24.3 Å². The van der Waals surface area contributed by atoms with Gasteiger partial charge in [-0.2, -0.15) is 4.89 Å². The maximum absolute atomic E-state index is 11.1. The first-order valence-electron chi connectivity index (χ1n) is 3.75. The summed E-state index contributed by atoms with van der Waals surface area (Å²) in [5, 5.41) is 0. The van der Waals surface area contributed by atoms with Crippen LogP contribution in [0.2, 0.25) is 0 Å². The molecular formula is C10H10O3. The number of hydrogen-bond donors (Lipinski definition) is 0. The summed E-state index contributed by atoms with van der Waals surface area (Å²) < 4.78 is 0. The highest BCUT2D eigenvalue weighted by Crippen LogP contribution is 2.12. The molecule has 0 saturated heterocycles. The van der Waals surface area contributed by atoms with E-state index in [-0.39, 0.29) is 5.78 Å². The van der Waals surface area contributed by atoms with Crippen molar-refractivity contribution in [1.82, 2.24) is 0 Å². The zero-order valence-corrected chi connectivity index (χ0v) is 7.32. The van der Waals surface area contributed by atoms with Gasteiger partial charge in [-0.1, -0.05) is 6.58 Å². The van der Waals surface area contributed by atoms with E-state index in [1.807, 2.05) is 0 Å². The zero-order valence-electron chi connectivity index (χ0n) is 7.32. The van der Waals surface area contributed by atoms with Crippen molar-refractivity contribution in [2.24, 2.45) is 0 Å². The van der Waals surface area contributed by atoms with Gasteiger partial charge in [0.25, 0.3) is 0 Å². The summed E-state index contributed by atoms with van der Waals surface area (Å²) in [6.45, 7) is 3.39. The van der Waals surface area contributed by atoms with Gasteiger partial charge in [0.15, 0.2) is 11.5 Å². The summed E-state index contributed by atoms with van der Waals surface area (Å²) in [4.78, 5) is 20.3. The number of allylic oxidation sites excluding steroid dienone is 1. The van der Waals surface area contributed by atoms with Crippen molar-refractivity contribution in [3.63, 3.8) is 0 Å². The number of carbonyl (C=O) groups excluding carboxylic acids is 1. The molecule has 0 unspecified atom stereocenters. The van der Waals surface area contributed by atoms with Crippen molar-refractivity contribution in [2.75, 3.05) is 7.11 Å². The Hall–Kier alpha value is -1.61. The Morgan fingerprint density at radius 2 is 2.00 bits per heavy atom. The van der Waals surface area contributed by atoms with Gasteiger partial charge in [0, 0.05) is 5.56 Å². The lowest BCUT2D eigenvalue weighted by molar-refractivity contribution is -0.178. The first-order valence-corrected chi connectivity index (χ1v) is 3.75. The maximum Gasteiger partial charge on any atom is 0.185 e. The highest BCUT2D eigenvalue weighted by atomic mass is 17.2. The Morgan fingerprint density at radius 1 is 1.38 bits per heavy atom. The smallest absolute Gasteiger partial charge is 0.185 e. The molecule has 0 bridgehead atoms. The molecule has 0 heterocycles. The van der Waals surface area contributed by atoms with Crippen LogP contribution in [0, 0.1) is 0 Å². The highest BCUT2D eigenvalue weighted by Gasteiger charge is 2.00. The summed E-state index contributed by atoms with van der Waals surface area (Å²) in [5.74, 6) is 0.451. The minimum Gasteiger partial charge on any atom is -0.338 e. The normalized spacial score (nSPS) is 9.31. The van der Waals surface area contributed by atoms with Crippen LogP contribution in [-0.2, 0) is 4.89 Å². The van der Waals surface area contributed by atoms with Crippen molar-refractivity contribution in [3.05, 3.63) is 42.5 Å². The first kappa shape index (κ1) is 9.48. The molecular weight excluding hydrogens is 168 g/mol. The van der Waals surface area contributed by atoms with Gasteiger partial charge in [-0.25, -0.2) is 0 Å². The fourth-order valence-electron chi connectivity index (χ4n) is 0.889. The lowest BCUT2D eigenvalue weighted by atomic mass is 10.1. The van der Waals surface area contributed by atoms with E-state index < -0.39 is 0 Å². The van der Waals surface area contributed by atoms with Crippen LogP contribution >= 0.6 is 0 Å². The Balaban J connectivity index is 2.80. The molecule has 1 aromatic rings. The number of benzene rings is 1. The lowest BCUT2D eigenvalue weighted by Crippen LogP contribution is -1.94. The molecule has 0 aliphatic rings. The summed E-state index contributed by atoms with van der Waals surface area (Å²) in [6, 6.07) is 6.61. The zero-order chi connectivity index (χ0) is 9.68. The van der Waals surface area contributed by atoms with Gasteiger partial charge in [-0.15, -0.1) is 0 Å². The molecule has 13 heavy (non-hydrogen) atoms. The molecule has 0 N–H and O–H groups in total. The van der Waals surface area contributed by atoms with Gasteiger partial charge in [0.05, 0.1) is 7.11 Å². The second kappa shape index (κ2) is 4.42. The fourth-order valence-corrected chi connectivity index (χ4v) is 0.889. The Bertz CT molecular complexity index is 300. The van der Waals surface area contributed by atoms with Gasteiger partial charge < -0.3 is 4.89 Å². The quantitative estimate of drug-likeness (QED) is 0.306. The molecule has 1 rings (SSSR count). The van der Waals surface area contributed by atoms with E-state index >= 15 is 0 Å².